The first-order valence-corrected chi connectivity index (χ1v) is 4.74. The van der Waals surface area contributed by atoms with Crippen LogP contribution in [0, 0.1) is 0 Å². The Balaban J connectivity index is 2.98. The van der Waals surface area contributed by atoms with Crippen LogP contribution in [0.2, 0.25) is 0 Å². The molecule has 88 valence electrons. The monoisotopic (exact) mass is 233 g/mol. The summed E-state index contributed by atoms with van der Waals surface area (Å²) in [5.41, 5.74) is 8.92. The van der Waals surface area contributed by atoms with Gasteiger partial charge < -0.3 is 9.15 Å². The van der Waals surface area contributed by atoms with E-state index in [4.69, 9.17) is 9.95 Å². The first-order chi connectivity index (χ1) is 8.17. The minimum absolute atomic E-state index is 0.102. The molecule has 0 unspecified atom stereocenters. The topological polar surface area (TPSA) is 88.2 Å². The van der Waals surface area contributed by atoms with Gasteiger partial charge in [-0.25, -0.2) is 4.79 Å². The fraction of sp³-hybridized carbons (Fsp3) is 0.182. The molecule has 17 heavy (non-hydrogen) atoms. The molecule has 0 saturated heterocycles. The van der Waals surface area contributed by atoms with Crippen LogP contribution in [0.3, 0.4) is 0 Å². The van der Waals surface area contributed by atoms with Crippen molar-refractivity contribution in [2.75, 3.05) is 7.11 Å². The predicted octanol–water partition coefficient (Wildman–Crippen LogP) is 3.05. The highest BCUT2D eigenvalue weighted by atomic mass is 16.5. The van der Waals surface area contributed by atoms with E-state index in [1.54, 1.807) is 25.1 Å². The molecule has 0 fully saturated rings. The molecule has 0 bridgehead atoms. The number of hydrogen-bond acceptors (Lipinski definition) is 4. The Hall–Kier alpha value is -2.46. The second kappa shape index (κ2) is 6.19. The molecule has 1 aromatic rings. The number of carbonyl (C=O) groups is 1. The van der Waals surface area contributed by atoms with Gasteiger partial charge in [-0.1, -0.05) is 5.11 Å². The van der Waals surface area contributed by atoms with Crippen molar-refractivity contribution in [1.29, 1.82) is 0 Å². The zero-order chi connectivity index (χ0) is 12.7. The summed E-state index contributed by atoms with van der Waals surface area (Å²) in [5.74, 6) is -0.0427. The van der Waals surface area contributed by atoms with E-state index < -0.39 is 5.97 Å². The van der Waals surface area contributed by atoms with Crippen LogP contribution >= 0.6 is 0 Å². The molecule has 0 aromatic carbocycles. The number of ether oxygens (including phenoxy) is 1. The quantitative estimate of drug-likeness (QED) is 0.200. The van der Waals surface area contributed by atoms with Gasteiger partial charge in [0, 0.05) is 4.91 Å². The highest BCUT2D eigenvalue weighted by Gasteiger charge is 2.06. The van der Waals surface area contributed by atoms with Gasteiger partial charge in [-0.05, 0) is 42.3 Å². The summed E-state index contributed by atoms with van der Waals surface area (Å²) in [6, 6.07) is 3.51. The van der Waals surface area contributed by atoms with Gasteiger partial charge in [0.15, 0.2) is 0 Å². The molecule has 6 nitrogen and oxygen atoms in total. The maximum atomic E-state index is 11.2. The zero-order valence-electron chi connectivity index (χ0n) is 9.45. The average Bonchev–Trinajstić information content (AvgIpc) is 2.80. The minimum atomic E-state index is -0.685. The van der Waals surface area contributed by atoms with Crippen molar-refractivity contribution in [2.24, 2.45) is 5.11 Å². The molecule has 0 saturated carbocycles. The van der Waals surface area contributed by atoms with Crippen molar-refractivity contribution < 1.29 is 13.9 Å². The van der Waals surface area contributed by atoms with Crippen molar-refractivity contribution in [2.45, 2.75) is 6.92 Å². The van der Waals surface area contributed by atoms with Gasteiger partial charge in [-0.2, -0.15) is 0 Å². The lowest BCUT2D eigenvalue weighted by Gasteiger charge is -1.98. The molecular formula is C11H11N3O3. The standard InChI is InChI=1S/C11H11N3O3/c1-8(6-9-4-3-5-17-9)7-10(13-14-12)11(15)16-2/h3-7H,1-2H3/b8-6+,10-7-. The Bertz CT molecular complexity index is 494. The largest absolute Gasteiger partial charge is 0.466 e. The van der Waals surface area contributed by atoms with Gasteiger partial charge in [-0.15, -0.1) is 0 Å². The third-order valence-electron chi connectivity index (χ3n) is 1.82. The van der Waals surface area contributed by atoms with Gasteiger partial charge in [0.1, 0.15) is 11.5 Å². The Morgan fingerprint density at radius 2 is 2.41 bits per heavy atom. The first-order valence-electron chi connectivity index (χ1n) is 4.74. The molecule has 0 aliphatic carbocycles. The number of esters is 1. The summed E-state index contributed by atoms with van der Waals surface area (Å²) >= 11 is 0. The SMILES string of the molecule is COC(=O)/C(=C/C(C)=C/c1ccco1)N=[N+]=[N-]. The number of rotatable bonds is 4. The molecule has 1 aromatic heterocycles. The van der Waals surface area contributed by atoms with Gasteiger partial charge in [0.05, 0.1) is 13.4 Å². The molecule has 0 atom stereocenters. The molecule has 0 aliphatic heterocycles. The van der Waals surface area contributed by atoms with Crippen LogP contribution in [0.25, 0.3) is 16.5 Å². The lowest BCUT2D eigenvalue weighted by molar-refractivity contribution is -0.136. The highest BCUT2D eigenvalue weighted by molar-refractivity contribution is 5.88. The van der Waals surface area contributed by atoms with Crippen LogP contribution in [0.1, 0.15) is 12.7 Å². The Morgan fingerprint density at radius 3 is 2.94 bits per heavy atom. The molecule has 1 rings (SSSR count). The number of carbonyl (C=O) groups excluding carboxylic acids is 1. The average molecular weight is 233 g/mol. The van der Waals surface area contributed by atoms with Crippen molar-refractivity contribution in [3.8, 4) is 0 Å². The van der Waals surface area contributed by atoms with Gasteiger partial charge in [0.2, 0.25) is 0 Å². The van der Waals surface area contributed by atoms with E-state index in [1.807, 2.05) is 0 Å². The van der Waals surface area contributed by atoms with E-state index in [1.165, 1.54) is 19.4 Å². The lowest BCUT2D eigenvalue weighted by atomic mass is 10.2. The molecule has 1 heterocycles. The van der Waals surface area contributed by atoms with Crippen molar-refractivity contribution >= 4 is 12.0 Å². The summed E-state index contributed by atoms with van der Waals surface area (Å²) in [7, 11) is 1.22. The molecule has 0 radical (unpaired) electrons. The maximum Gasteiger partial charge on any atom is 0.340 e. The Labute approximate surface area is 97.8 Å². The first kappa shape index (κ1) is 12.6. The lowest BCUT2D eigenvalue weighted by Crippen LogP contribution is -2.02. The second-order valence-corrected chi connectivity index (χ2v) is 3.11. The molecule has 0 amide bonds. The summed E-state index contributed by atoms with van der Waals surface area (Å²) in [5, 5.41) is 3.26. The number of methoxy groups -OCH3 is 1. The van der Waals surface area contributed by atoms with Gasteiger partial charge in [-0.3, -0.25) is 0 Å². The smallest absolute Gasteiger partial charge is 0.340 e. The summed E-state index contributed by atoms with van der Waals surface area (Å²) in [6.45, 7) is 1.75. The fourth-order valence-corrected chi connectivity index (χ4v) is 1.14. The normalized spacial score (nSPS) is 11.9. The van der Waals surface area contributed by atoms with E-state index >= 15 is 0 Å². The predicted molar refractivity (Wildman–Crippen MR) is 61.6 cm³/mol. The van der Waals surface area contributed by atoms with E-state index in [0.29, 0.717) is 11.3 Å². The van der Waals surface area contributed by atoms with Crippen molar-refractivity contribution in [1.82, 2.24) is 0 Å². The van der Waals surface area contributed by atoms with Crippen LogP contribution in [-0.2, 0) is 9.53 Å². The van der Waals surface area contributed by atoms with Crippen LogP contribution in [0.15, 0.2) is 45.3 Å². The van der Waals surface area contributed by atoms with Crippen molar-refractivity contribution in [3.63, 3.8) is 0 Å². The third kappa shape index (κ3) is 3.89. The van der Waals surface area contributed by atoms with E-state index in [9.17, 15) is 4.79 Å². The molecule has 0 spiro atoms. The molecule has 0 N–H and O–H groups in total. The van der Waals surface area contributed by atoms with Gasteiger partial charge >= 0.3 is 5.97 Å². The zero-order valence-corrected chi connectivity index (χ0v) is 9.45. The van der Waals surface area contributed by atoms with E-state index in [2.05, 4.69) is 14.8 Å². The third-order valence-corrected chi connectivity index (χ3v) is 1.82. The summed E-state index contributed by atoms with van der Waals surface area (Å²) in [4.78, 5) is 13.8. The summed E-state index contributed by atoms with van der Waals surface area (Å²) in [6.07, 6.45) is 4.67. The van der Waals surface area contributed by atoms with E-state index in [-0.39, 0.29) is 5.70 Å². The molecule has 6 heteroatoms. The van der Waals surface area contributed by atoms with Crippen molar-refractivity contribution in [3.05, 3.63) is 51.9 Å². The van der Waals surface area contributed by atoms with Crippen LogP contribution in [-0.4, -0.2) is 13.1 Å². The highest BCUT2D eigenvalue weighted by Crippen LogP contribution is 2.11. The van der Waals surface area contributed by atoms with Crippen LogP contribution in [0.5, 0.6) is 0 Å². The van der Waals surface area contributed by atoms with E-state index in [0.717, 1.165) is 0 Å². The second-order valence-electron chi connectivity index (χ2n) is 3.11. The number of hydrogen-bond donors (Lipinski definition) is 0. The fourth-order valence-electron chi connectivity index (χ4n) is 1.14. The number of allylic oxidation sites excluding steroid dienone is 2. The van der Waals surface area contributed by atoms with Crippen LogP contribution in [0.4, 0.5) is 0 Å². The molecule has 0 aliphatic rings. The maximum absolute atomic E-state index is 11.2. The van der Waals surface area contributed by atoms with Gasteiger partial charge in [0.25, 0.3) is 0 Å². The Morgan fingerprint density at radius 1 is 1.65 bits per heavy atom. The minimum Gasteiger partial charge on any atom is -0.466 e. The summed E-state index contributed by atoms with van der Waals surface area (Å²) < 4.78 is 9.59. The molecular weight excluding hydrogens is 222 g/mol. The Kier molecular flexibility index (Phi) is 4.59. The number of azide groups is 1. The number of nitrogens with zero attached hydrogens (tertiary/aromatic N) is 3. The van der Waals surface area contributed by atoms with Crippen LogP contribution < -0.4 is 0 Å². The number of furan rings is 1.